The highest BCUT2D eigenvalue weighted by Crippen LogP contribution is 2.18. The van der Waals surface area contributed by atoms with Gasteiger partial charge in [-0.2, -0.15) is 5.10 Å². The number of nitrogens with zero attached hydrogens (tertiary/aromatic N) is 4. The summed E-state index contributed by atoms with van der Waals surface area (Å²) < 4.78 is 60.5. The summed E-state index contributed by atoms with van der Waals surface area (Å²) in [7, 11) is 0. The SMILES string of the molecule is O=C(c1ccn(COc2ccc(F)cc2F)n1)N1CCN(Cc2cccc(F)c2F)CC1. The molecule has 0 unspecified atom stereocenters. The largest absolute Gasteiger partial charge is 0.468 e. The van der Waals surface area contributed by atoms with Gasteiger partial charge in [-0.3, -0.25) is 9.69 Å². The summed E-state index contributed by atoms with van der Waals surface area (Å²) in [5, 5.41) is 4.15. The molecule has 32 heavy (non-hydrogen) atoms. The Labute approximate surface area is 181 Å². The number of aromatic nitrogens is 2. The molecule has 4 rings (SSSR count). The number of carbonyl (C=O) groups is 1. The minimum atomic E-state index is -0.877. The van der Waals surface area contributed by atoms with Crippen molar-refractivity contribution in [2.24, 2.45) is 0 Å². The van der Waals surface area contributed by atoms with Crippen LogP contribution in [0.2, 0.25) is 0 Å². The predicted molar refractivity (Wildman–Crippen MR) is 107 cm³/mol. The molecule has 0 radical (unpaired) electrons. The Morgan fingerprint density at radius 3 is 2.50 bits per heavy atom. The number of hydrogen-bond acceptors (Lipinski definition) is 4. The first-order valence-corrected chi connectivity index (χ1v) is 9.96. The van der Waals surface area contributed by atoms with Crippen LogP contribution < -0.4 is 4.74 Å². The Morgan fingerprint density at radius 2 is 1.75 bits per heavy atom. The van der Waals surface area contributed by atoms with Crippen molar-refractivity contribution in [3.8, 4) is 5.75 Å². The maximum atomic E-state index is 13.9. The van der Waals surface area contributed by atoms with Gasteiger partial charge in [-0.05, 0) is 24.3 Å². The number of piperazine rings is 1. The molecule has 1 aliphatic rings. The highest BCUT2D eigenvalue weighted by molar-refractivity contribution is 5.92. The van der Waals surface area contributed by atoms with Gasteiger partial charge in [0.1, 0.15) is 5.82 Å². The van der Waals surface area contributed by atoms with Crippen molar-refractivity contribution in [2.45, 2.75) is 13.3 Å². The Hall–Kier alpha value is -3.40. The van der Waals surface area contributed by atoms with Crippen LogP contribution in [-0.2, 0) is 13.3 Å². The molecule has 1 amide bonds. The van der Waals surface area contributed by atoms with Gasteiger partial charge >= 0.3 is 0 Å². The monoisotopic (exact) mass is 448 g/mol. The lowest BCUT2D eigenvalue weighted by molar-refractivity contribution is 0.0619. The zero-order chi connectivity index (χ0) is 22.7. The average Bonchev–Trinajstić information content (AvgIpc) is 3.25. The van der Waals surface area contributed by atoms with Crippen LogP contribution in [0.1, 0.15) is 16.1 Å². The molecule has 1 fully saturated rings. The van der Waals surface area contributed by atoms with Crippen LogP contribution in [0.5, 0.6) is 5.75 Å². The Balaban J connectivity index is 1.30. The Kier molecular flexibility index (Phi) is 6.40. The number of halogens is 4. The topological polar surface area (TPSA) is 50.6 Å². The third kappa shape index (κ3) is 4.91. The lowest BCUT2D eigenvalue weighted by Gasteiger charge is -2.34. The number of benzene rings is 2. The van der Waals surface area contributed by atoms with Crippen molar-refractivity contribution in [3.05, 3.63) is 83.2 Å². The van der Waals surface area contributed by atoms with Gasteiger partial charge in [0, 0.05) is 50.6 Å². The van der Waals surface area contributed by atoms with Gasteiger partial charge in [0.05, 0.1) is 0 Å². The van der Waals surface area contributed by atoms with Gasteiger partial charge in [0.2, 0.25) is 0 Å². The van der Waals surface area contributed by atoms with Gasteiger partial charge in [0.25, 0.3) is 5.91 Å². The van der Waals surface area contributed by atoms with Gasteiger partial charge in [-0.1, -0.05) is 12.1 Å². The molecule has 2 heterocycles. The smallest absolute Gasteiger partial charge is 0.274 e. The van der Waals surface area contributed by atoms with E-state index in [1.165, 1.54) is 29.1 Å². The van der Waals surface area contributed by atoms with E-state index in [0.717, 1.165) is 18.2 Å². The predicted octanol–water partition coefficient (Wildman–Crippen LogP) is 3.43. The summed E-state index contributed by atoms with van der Waals surface area (Å²) in [5.41, 5.74) is 0.485. The molecule has 0 bridgehead atoms. The average molecular weight is 448 g/mol. The maximum Gasteiger partial charge on any atom is 0.274 e. The molecular formula is C22H20F4N4O2. The van der Waals surface area contributed by atoms with Crippen molar-refractivity contribution in [3.63, 3.8) is 0 Å². The molecule has 0 spiro atoms. The van der Waals surface area contributed by atoms with Crippen LogP contribution in [0, 0.1) is 23.3 Å². The molecule has 6 nitrogen and oxygen atoms in total. The molecule has 0 aliphatic carbocycles. The molecule has 3 aromatic rings. The summed E-state index contributed by atoms with van der Waals surface area (Å²) in [6, 6.07) is 8.60. The lowest BCUT2D eigenvalue weighted by atomic mass is 10.1. The minimum absolute atomic E-state index is 0.124. The van der Waals surface area contributed by atoms with Crippen LogP contribution in [-0.4, -0.2) is 51.7 Å². The molecule has 1 aromatic heterocycles. The first-order chi connectivity index (χ1) is 15.4. The van der Waals surface area contributed by atoms with E-state index in [0.29, 0.717) is 26.2 Å². The molecule has 168 valence electrons. The summed E-state index contributed by atoms with van der Waals surface area (Å²) in [6.45, 7) is 1.96. The van der Waals surface area contributed by atoms with Crippen LogP contribution in [0.4, 0.5) is 17.6 Å². The Morgan fingerprint density at radius 1 is 0.969 bits per heavy atom. The first-order valence-electron chi connectivity index (χ1n) is 9.96. The van der Waals surface area contributed by atoms with Gasteiger partial charge in [-0.15, -0.1) is 0 Å². The van der Waals surface area contributed by atoms with E-state index in [1.807, 2.05) is 4.90 Å². The fourth-order valence-electron chi connectivity index (χ4n) is 3.46. The molecule has 0 atom stereocenters. The molecule has 1 saturated heterocycles. The van der Waals surface area contributed by atoms with Crippen molar-refractivity contribution in [2.75, 3.05) is 26.2 Å². The molecule has 10 heteroatoms. The van der Waals surface area contributed by atoms with E-state index in [-0.39, 0.29) is 36.2 Å². The standard InChI is InChI=1S/C22H20F4N4O2/c23-16-4-5-20(18(25)12-16)32-14-30-7-6-19(27-30)22(31)29-10-8-28(9-11-29)13-15-2-1-3-17(24)21(15)26/h1-7,12H,8-11,13-14H2. The van der Waals surface area contributed by atoms with E-state index in [9.17, 15) is 22.4 Å². The summed E-state index contributed by atoms with van der Waals surface area (Å²) in [4.78, 5) is 16.3. The fourth-order valence-corrected chi connectivity index (χ4v) is 3.46. The molecule has 0 N–H and O–H groups in total. The van der Waals surface area contributed by atoms with E-state index >= 15 is 0 Å². The Bertz CT molecular complexity index is 1110. The third-order valence-electron chi connectivity index (χ3n) is 5.19. The lowest BCUT2D eigenvalue weighted by Crippen LogP contribution is -2.48. The molecule has 1 aliphatic heterocycles. The number of carbonyl (C=O) groups excluding carboxylic acids is 1. The summed E-state index contributed by atoms with van der Waals surface area (Å²) in [5.74, 6) is -3.65. The fraction of sp³-hybridized carbons (Fsp3) is 0.273. The zero-order valence-electron chi connectivity index (χ0n) is 17.0. The van der Waals surface area contributed by atoms with E-state index in [4.69, 9.17) is 4.74 Å². The van der Waals surface area contributed by atoms with Gasteiger partial charge < -0.3 is 9.64 Å². The molecular weight excluding hydrogens is 428 g/mol. The van der Waals surface area contributed by atoms with Crippen LogP contribution in [0.15, 0.2) is 48.7 Å². The van der Waals surface area contributed by atoms with Gasteiger partial charge in [0.15, 0.2) is 35.6 Å². The van der Waals surface area contributed by atoms with Crippen LogP contribution in [0.3, 0.4) is 0 Å². The summed E-state index contributed by atoms with van der Waals surface area (Å²) >= 11 is 0. The maximum absolute atomic E-state index is 13.9. The van der Waals surface area contributed by atoms with E-state index in [2.05, 4.69) is 5.10 Å². The van der Waals surface area contributed by atoms with Crippen molar-refractivity contribution >= 4 is 5.91 Å². The molecule has 2 aromatic carbocycles. The molecule has 0 saturated carbocycles. The second kappa shape index (κ2) is 9.39. The van der Waals surface area contributed by atoms with Crippen molar-refractivity contribution in [1.82, 2.24) is 19.6 Å². The minimum Gasteiger partial charge on any atom is -0.468 e. The first kappa shape index (κ1) is 21.8. The second-order valence-electron chi connectivity index (χ2n) is 7.37. The summed E-state index contributed by atoms with van der Waals surface area (Å²) in [6.07, 6.45) is 1.53. The van der Waals surface area contributed by atoms with Crippen molar-refractivity contribution < 1.29 is 27.1 Å². The van der Waals surface area contributed by atoms with Crippen LogP contribution in [0.25, 0.3) is 0 Å². The normalized spacial score (nSPS) is 14.6. The number of hydrogen-bond donors (Lipinski definition) is 0. The van der Waals surface area contributed by atoms with Crippen molar-refractivity contribution in [1.29, 1.82) is 0 Å². The quantitative estimate of drug-likeness (QED) is 0.543. The number of amides is 1. The van der Waals surface area contributed by atoms with Crippen LogP contribution >= 0.6 is 0 Å². The number of rotatable bonds is 6. The third-order valence-corrected chi connectivity index (χ3v) is 5.19. The number of ether oxygens (including phenoxy) is 1. The van der Waals surface area contributed by atoms with E-state index < -0.39 is 23.3 Å². The van der Waals surface area contributed by atoms with E-state index in [1.54, 1.807) is 11.0 Å². The highest BCUT2D eigenvalue weighted by Gasteiger charge is 2.24. The van der Waals surface area contributed by atoms with Gasteiger partial charge in [-0.25, -0.2) is 22.2 Å². The zero-order valence-corrected chi connectivity index (χ0v) is 17.0. The second-order valence-corrected chi connectivity index (χ2v) is 7.37. The highest BCUT2D eigenvalue weighted by atomic mass is 19.2.